The summed E-state index contributed by atoms with van der Waals surface area (Å²) >= 11 is 1.83. The van der Waals surface area contributed by atoms with E-state index in [0.29, 0.717) is 0 Å². The van der Waals surface area contributed by atoms with Gasteiger partial charge >= 0.3 is 0 Å². The molecule has 0 saturated heterocycles. The lowest BCUT2D eigenvalue weighted by Crippen LogP contribution is -1.97. The van der Waals surface area contributed by atoms with E-state index >= 15 is 0 Å². The molecule has 5 aromatic heterocycles. The molecule has 0 amide bonds. The van der Waals surface area contributed by atoms with Crippen molar-refractivity contribution in [2.75, 3.05) is 0 Å². The van der Waals surface area contributed by atoms with Crippen LogP contribution in [0.2, 0.25) is 0 Å². The second kappa shape index (κ2) is 9.64. The maximum absolute atomic E-state index is 6.69. The van der Waals surface area contributed by atoms with E-state index in [1.807, 2.05) is 35.7 Å². The third-order valence-electron chi connectivity index (χ3n) is 9.58. The molecule has 0 fully saturated rings. The van der Waals surface area contributed by atoms with E-state index in [1.54, 1.807) is 0 Å². The van der Waals surface area contributed by atoms with Gasteiger partial charge in [-0.3, -0.25) is 8.97 Å². The molecule has 11 aromatic rings. The summed E-state index contributed by atoms with van der Waals surface area (Å²) in [6.45, 7) is 0. The lowest BCUT2D eigenvalue weighted by atomic mass is 10.1. The monoisotopic (exact) mass is 632 g/mol. The molecule has 0 radical (unpaired) electrons. The largest absolute Gasteiger partial charge is 0.457 e. The van der Waals surface area contributed by atoms with Gasteiger partial charge in [0.05, 0.1) is 27.6 Å². The molecule has 11 rings (SSSR count). The van der Waals surface area contributed by atoms with Crippen LogP contribution in [-0.2, 0) is 0 Å². The minimum Gasteiger partial charge on any atom is -0.457 e. The second-order valence-electron chi connectivity index (χ2n) is 12.2. The smallest absolute Gasteiger partial charge is 0.146 e. The van der Waals surface area contributed by atoms with E-state index in [9.17, 15) is 0 Å². The highest BCUT2D eigenvalue weighted by Gasteiger charge is 2.20. The fraction of sp³-hybridized carbons (Fsp3) is 0. The highest BCUT2D eigenvalue weighted by Crippen LogP contribution is 2.44. The molecular weight excluding hydrogens is 609 g/mol. The van der Waals surface area contributed by atoms with Crippen molar-refractivity contribution in [2.45, 2.75) is 0 Å². The van der Waals surface area contributed by atoms with Gasteiger partial charge in [-0.2, -0.15) is 0 Å². The number of nitrogens with zero attached hydrogens (tertiary/aromatic N) is 4. The number of fused-ring (bicyclic) bond motifs is 15. The average molecular weight is 633 g/mol. The number of aromatic nitrogens is 4. The van der Waals surface area contributed by atoms with Gasteiger partial charge in [-0.25, -0.2) is 9.97 Å². The van der Waals surface area contributed by atoms with E-state index in [1.165, 1.54) is 36.5 Å². The zero-order valence-corrected chi connectivity index (χ0v) is 26.3. The first-order valence-electron chi connectivity index (χ1n) is 16.0. The molecule has 0 N–H and O–H groups in total. The van der Waals surface area contributed by atoms with Gasteiger partial charge in [-0.15, -0.1) is 11.3 Å². The summed E-state index contributed by atoms with van der Waals surface area (Å²) in [4.78, 5) is 9.92. The number of imidazole rings is 1. The molecular formula is C42H24N4OS. The first kappa shape index (κ1) is 25.9. The van der Waals surface area contributed by atoms with Crippen LogP contribution in [0.5, 0.6) is 11.5 Å². The summed E-state index contributed by atoms with van der Waals surface area (Å²) < 4.78 is 13.8. The van der Waals surface area contributed by atoms with Crippen LogP contribution in [0.1, 0.15) is 0 Å². The zero-order valence-electron chi connectivity index (χ0n) is 25.5. The van der Waals surface area contributed by atoms with Gasteiger partial charge in [0.15, 0.2) is 0 Å². The summed E-state index contributed by atoms with van der Waals surface area (Å²) in [5.74, 6) is 2.40. The first-order chi connectivity index (χ1) is 23.8. The molecule has 0 bridgehead atoms. The third-order valence-corrected chi connectivity index (χ3v) is 10.7. The van der Waals surface area contributed by atoms with Crippen molar-refractivity contribution in [3.05, 3.63) is 146 Å². The van der Waals surface area contributed by atoms with Crippen molar-refractivity contribution in [3.63, 3.8) is 0 Å². The predicted octanol–water partition coefficient (Wildman–Crippen LogP) is 11.4. The Hall–Kier alpha value is -6.24. The summed E-state index contributed by atoms with van der Waals surface area (Å²) in [6.07, 6.45) is 1.86. The van der Waals surface area contributed by atoms with E-state index in [4.69, 9.17) is 14.7 Å². The Morgan fingerprint density at radius 2 is 1.25 bits per heavy atom. The zero-order chi connectivity index (χ0) is 31.3. The van der Waals surface area contributed by atoms with Crippen LogP contribution in [0.3, 0.4) is 0 Å². The Morgan fingerprint density at radius 3 is 2.15 bits per heavy atom. The Labute approximate surface area is 277 Å². The van der Waals surface area contributed by atoms with Crippen molar-refractivity contribution in [1.29, 1.82) is 0 Å². The van der Waals surface area contributed by atoms with Gasteiger partial charge in [-0.1, -0.05) is 60.7 Å². The number of para-hydroxylation sites is 3. The first-order valence-corrected chi connectivity index (χ1v) is 16.8. The summed E-state index contributed by atoms with van der Waals surface area (Å²) in [5, 5.41) is 8.27. The van der Waals surface area contributed by atoms with Gasteiger partial charge in [-0.05, 0) is 78.2 Å². The van der Waals surface area contributed by atoms with Crippen LogP contribution in [0.15, 0.2) is 146 Å². The molecule has 0 aliphatic carbocycles. The Morgan fingerprint density at radius 1 is 0.521 bits per heavy atom. The van der Waals surface area contributed by atoms with Crippen molar-refractivity contribution in [1.82, 2.24) is 18.9 Å². The van der Waals surface area contributed by atoms with E-state index in [2.05, 4.69) is 130 Å². The van der Waals surface area contributed by atoms with Crippen LogP contribution in [-0.4, -0.2) is 18.9 Å². The number of benzene rings is 6. The van der Waals surface area contributed by atoms with E-state index < -0.39 is 0 Å². The van der Waals surface area contributed by atoms with Crippen LogP contribution in [0.25, 0.3) is 86.2 Å². The molecule has 0 aliphatic heterocycles. The number of pyridine rings is 2. The summed E-state index contributed by atoms with van der Waals surface area (Å²) in [6, 6.07) is 48.9. The Kier molecular flexibility index (Phi) is 5.20. The lowest BCUT2D eigenvalue weighted by molar-refractivity contribution is 0.484. The second-order valence-corrected chi connectivity index (χ2v) is 13.3. The van der Waals surface area contributed by atoms with Crippen molar-refractivity contribution in [2.24, 2.45) is 0 Å². The Bertz CT molecular complexity index is 3100. The Balaban J connectivity index is 1.14. The van der Waals surface area contributed by atoms with Crippen LogP contribution in [0.4, 0.5) is 0 Å². The molecule has 0 unspecified atom stereocenters. The fourth-order valence-corrected chi connectivity index (χ4v) is 8.68. The predicted molar refractivity (Wildman–Crippen MR) is 199 cm³/mol. The summed E-state index contributed by atoms with van der Waals surface area (Å²) in [7, 11) is 0. The lowest BCUT2D eigenvalue weighted by Gasteiger charge is -2.12. The molecule has 0 spiro atoms. The van der Waals surface area contributed by atoms with Crippen LogP contribution < -0.4 is 4.74 Å². The number of ether oxygens (including phenoxy) is 1. The van der Waals surface area contributed by atoms with E-state index in [0.717, 1.165) is 61.2 Å². The average Bonchev–Trinajstić information content (AvgIpc) is 3.82. The molecule has 48 heavy (non-hydrogen) atoms. The van der Waals surface area contributed by atoms with E-state index in [-0.39, 0.29) is 0 Å². The number of hydrogen-bond donors (Lipinski definition) is 0. The van der Waals surface area contributed by atoms with Crippen LogP contribution >= 0.6 is 11.3 Å². The van der Waals surface area contributed by atoms with Gasteiger partial charge < -0.3 is 4.74 Å². The quantitative estimate of drug-likeness (QED) is 0.182. The molecule has 6 heteroatoms. The maximum atomic E-state index is 6.69. The molecule has 5 heterocycles. The molecule has 0 saturated carbocycles. The molecule has 0 atom stereocenters. The van der Waals surface area contributed by atoms with Gasteiger partial charge in [0.1, 0.15) is 23.0 Å². The van der Waals surface area contributed by atoms with Crippen LogP contribution in [0, 0.1) is 0 Å². The van der Waals surface area contributed by atoms with Gasteiger partial charge in [0, 0.05) is 54.0 Å². The van der Waals surface area contributed by atoms with Crippen molar-refractivity contribution < 1.29 is 4.74 Å². The highest BCUT2D eigenvalue weighted by molar-refractivity contribution is 7.26. The van der Waals surface area contributed by atoms with Gasteiger partial charge in [0.25, 0.3) is 0 Å². The van der Waals surface area contributed by atoms with Crippen molar-refractivity contribution in [3.8, 4) is 17.3 Å². The number of thiophene rings is 1. The highest BCUT2D eigenvalue weighted by atomic mass is 32.1. The third kappa shape index (κ3) is 3.55. The molecule has 5 nitrogen and oxygen atoms in total. The minimum atomic E-state index is 0.762. The number of rotatable bonds is 3. The number of hydrogen-bond acceptors (Lipinski definition) is 4. The normalized spacial score (nSPS) is 12.2. The standard InChI is InChI=1S/C42H24N4OS/c1-4-12-34-28(9-1)27-18-16-25(23-32(27)42-44-33-11-3-5-13-35(33)45(34)42)47-26-17-19-29-30-20-21-38-40(31-10-2-6-14-37(31)48-38)41(30)46(36(29)24-26)39-15-7-8-22-43-39/h1-24H. The summed E-state index contributed by atoms with van der Waals surface area (Å²) in [5.41, 5.74) is 6.36. The minimum absolute atomic E-state index is 0.762. The fourth-order valence-electron chi connectivity index (χ4n) is 7.57. The molecule has 0 aliphatic rings. The SMILES string of the molecule is c1ccc(-n2c3cc(Oc4ccc5c6ccccc6n6c7ccccc7nc6c5c4)ccc3c3ccc4sc5ccccc5c4c32)nc1. The topological polar surface area (TPSA) is 44.4 Å². The maximum Gasteiger partial charge on any atom is 0.146 e. The molecule has 6 aromatic carbocycles. The molecule has 224 valence electrons. The van der Waals surface area contributed by atoms with Gasteiger partial charge in [0.2, 0.25) is 0 Å². The van der Waals surface area contributed by atoms with Crippen molar-refractivity contribution >= 4 is 91.7 Å².